The molecule has 0 unspecified atom stereocenters. The van der Waals surface area contributed by atoms with Crippen LogP contribution in [0.4, 0.5) is 0 Å². The van der Waals surface area contributed by atoms with Crippen LogP contribution in [0, 0.1) is 0 Å². The van der Waals surface area contributed by atoms with Crippen molar-refractivity contribution in [2.24, 2.45) is 0 Å². The van der Waals surface area contributed by atoms with E-state index in [4.69, 9.17) is 19.4 Å². The number of benzene rings is 1. The molecule has 0 spiro atoms. The molecule has 3 heterocycles. The van der Waals surface area contributed by atoms with Crippen molar-refractivity contribution >= 4 is 16.9 Å². The zero-order valence-corrected chi connectivity index (χ0v) is 19.2. The van der Waals surface area contributed by atoms with Gasteiger partial charge in [-0.1, -0.05) is 6.92 Å². The molecule has 0 saturated carbocycles. The number of nitrogens with one attached hydrogen (secondary N) is 2. The molecular formula is C24H31N5O3. The molecule has 2 aromatic heterocycles. The Balaban J connectivity index is 1.61. The first kappa shape index (κ1) is 22.1. The minimum Gasteiger partial charge on any atom is -0.493 e. The monoisotopic (exact) mass is 437 g/mol. The highest BCUT2D eigenvalue weighted by Crippen LogP contribution is 2.36. The third-order valence-corrected chi connectivity index (χ3v) is 6.28. The maximum Gasteiger partial charge on any atom is 0.233 e. The first-order chi connectivity index (χ1) is 15.6. The Morgan fingerprint density at radius 2 is 1.97 bits per heavy atom. The number of likely N-dealkylation sites (N-methyl/N-ethyl adjacent to an activating group) is 1. The number of aryl methyl sites for hydroxylation is 1. The van der Waals surface area contributed by atoms with Crippen LogP contribution >= 0.6 is 0 Å². The molecule has 1 saturated heterocycles. The van der Waals surface area contributed by atoms with Gasteiger partial charge in [0.05, 0.1) is 43.7 Å². The Morgan fingerprint density at radius 3 is 2.62 bits per heavy atom. The molecule has 3 aromatic rings. The third-order valence-electron chi connectivity index (χ3n) is 6.28. The van der Waals surface area contributed by atoms with Gasteiger partial charge in [-0.25, -0.2) is 9.97 Å². The molecule has 0 bridgehead atoms. The van der Waals surface area contributed by atoms with Crippen LogP contribution in [0.3, 0.4) is 0 Å². The highest BCUT2D eigenvalue weighted by molar-refractivity contribution is 5.87. The predicted octanol–water partition coefficient (Wildman–Crippen LogP) is 3.13. The van der Waals surface area contributed by atoms with Crippen LogP contribution in [0.1, 0.15) is 37.1 Å². The first-order valence-electron chi connectivity index (χ1n) is 11.1. The molecule has 1 amide bonds. The van der Waals surface area contributed by atoms with Gasteiger partial charge in [0, 0.05) is 24.1 Å². The highest BCUT2D eigenvalue weighted by Gasteiger charge is 2.25. The molecule has 2 N–H and O–H groups in total. The summed E-state index contributed by atoms with van der Waals surface area (Å²) >= 11 is 0. The zero-order valence-electron chi connectivity index (χ0n) is 19.2. The molecule has 0 radical (unpaired) electrons. The maximum absolute atomic E-state index is 11.6. The van der Waals surface area contributed by atoms with Gasteiger partial charge in [0.1, 0.15) is 5.82 Å². The van der Waals surface area contributed by atoms with Crippen LogP contribution < -0.4 is 14.8 Å². The van der Waals surface area contributed by atoms with Crippen molar-refractivity contribution in [3.63, 3.8) is 0 Å². The van der Waals surface area contributed by atoms with E-state index in [9.17, 15) is 4.79 Å². The SMILES string of the molecule is CCc1c(-c2ccc(OC)c(OC)c2)[nH]c2cnc(C3CCN(CC(=O)NC)CC3)nc12. The summed E-state index contributed by atoms with van der Waals surface area (Å²) in [6, 6.07) is 5.93. The van der Waals surface area contributed by atoms with E-state index in [0.717, 1.165) is 60.5 Å². The summed E-state index contributed by atoms with van der Waals surface area (Å²) in [4.78, 5) is 27.0. The second-order valence-corrected chi connectivity index (χ2v) is 8.12. The molecule has 1 aromatic carbocycles. The van der Waals surface area contributed by atoms with E-state index in [0.29, 0.717) is 24.0 Å². The number of piperidine rings is 1. The van der Waals surface area contributed by atoms with Gasteiger partial charge in [0.25, 0.3) is 0 Å². The van der Waals surface area contributed by atoms with Gasteiger partial charge < -0.3 is 19.8 Å². The van der Waals surface area contributed by atoms with E-state index < -0.39 is 0 Å². The Bertz CT molecular complexity index is 1100. The minimum atomic E-state index is 0.0590. The van der Waals surface area contributed by atoms with E-state index in [-0.39, 0.29) is 5.91 Å². The number of fused-ring (bicyclic) bond motifs is 1. The topological polar surface area (TPSA) is 92.4 Å². The van der Waals surface area contributed by atoms with Gasteiger partial charge in [-0.15, -0.1) is 0 Å². The van der Waals surface area contributed by atoms with Gasteiger partial charge in [-0.3, -0.25) is 9.69 Å². The molecule has 0 aliphatic carbocycles. The van der Waals surface area contributed by atoms with Crippen molar-refractivity contribution in [3.8, 4) is 22.8 Å². The summed E-state index contributed by atoms with van der Waals surface area (Å²) in [5.74, 6) is 2.66. The number of likely N-dealkylation sites (tertiary alicyclic amines) is 1. The molecule has 1 aliphatic rings. The number of aromatic nitrogens is 3. The largest absolute Gasteiger partial charge is 0.493 e. The highest BCUT2D eigenvalue weighted by atomic mass is 16.5. The summed E-state index contributed by atoms with van der Waals surface area (Å²) < 4.78 is 10.9. The van der Waals surface area contributed by atoms with E-state index >= 15 is 0 Å². The number of nitrogens with zero attached hydrogens (tertiary/aromatic N) is 3. The second kappa shape index (κ2) is 9.56. The summed E-state index contributed by atoms with van der Waals surface area (Å²) in [7, 11) is 4.96. The number of H-pyrrole nitrogens is 1. The van der Waals surface area contributed by atoms with Crippen LogP contribution in [-0.2, 0) is 11.2 Å². The van der Waals surface area contributed by atoms with Crippen molar-refractivity contribution in [2.45, 2.75) is 32.1 Å². The lowest BCUT2D eigenvalue weighted by Gasteiger charge is -2.30. The molecule has 8 heteroatoms. The van der Waals surface area contributed by atoms with Gasteiger partial charge in [-0.05, 0) is 50.6 Å². The van der Waals surface area contributed by atoms with Crippen molar-refractivity contribution in [2.75, 3.05) is 40.9 Å². The normalized spacial score (nSPS) is 15.1. The summed E-state index contributed by atoms with van der Waals surface area (Å²) in [6.45, 7) is 4.36. The number of aromatic amines is 1. The Labute approximate surface area is 188 Å². The molecule has 1 aliphatic heterocycles. The summed E-state index contributed by atoms with van der Waals surface area (Å²) in [5.41, 5.74) is 5.16. The number of rotatable bonds is 7. The molecule has 8 nitrogen and oxygen atoms in total. The first-order valence-corrected chi connectivity index (χ1v) is 11.1. The average molecular weight is 438 g/mol. The van der Waals surface area contributed by atoms with Gasteiger partial charge >= 0.3 is 0 Å². The summed E-state index contributed by atoms with van der Waals surface area (Å²) in [5, 5.41) is 2.69. The lowest BCUT2D eigenvalue weighted by molar-refractivity contribution is -0.122. The van der Waals surface area contributed by atoms with Gasteiger partial charge in [0.15, 0.2) is 11.5 Å². The second-order valence-electron chi connectivity index (χ2n) is 8.12. The quantitative estimate of drug-likeness (QED) is 0.590. The molecule has 0 atom stereocenters. The van der Waals surface area contributed by atoms with Crippen molar-refractivity contribution in [3.05, 3.63) is 35.8 Å². The van der Waals surface area contributed by atoms with Crippen LogP contribution in [0.2, 0.25) is 0 Å². The fourth-order valence-electron chi connectivity index (χ4n) is 4.46. The van der Waals surface area contributed by atoms with Crippen LogP contribution in [0.5, 0.6) is 11.5 Å². The molecule has 4 rings (SSSR count). The fraction of sp³-hybridized carbons (Fsp3) is 0.458. The predicted molar refractivity (Wildman–Crippen MR) is 124 cm³/mol. The fourth-order valence-corrected chi connectivity index (χ4v) is 4.46. The van der Waals surface area contributed by atoms with Crippen LogP contribution in [0.25, 0.3) is 22.3 Å². The third kappa shape index (κ3) is 4.27. The zero-order chi connectivity index (χ0) is 22.7. The van der Waals surface area contributed by atoms with E-state index in [2.05, 4.69) is 22.1 Å². The van der Waals surface area contributed by atoms with Crippen LogP contribution in [-0.4, -0.2) is 66.7 Å². The number of hydrogen-bond acceptors (Lipinski definition) is 6. The molecule has 170 valence electrons. The molecule has 32 heavy (non-hydrogen) atoms. The van der Waals surface area contributed by atoms with Crippen molar-refractivity contribution in [1.29, 1.82) is 0 Å². The lowest BCUT2D eigenvalue weighted by atomic mass is 9.95. The number of hydrogen-bond donors (Lipinski definition) is 2. The Morgan fingerprint density at radius 1 is 1.22 bits per heavy atom. The van der Waals surface area contributed by atoms with E-state index in [1.807, 2.05) is 24.4 Å². The number of amides is 1. The number of carbonyl (C=O) groups excluding carboxylic acids is 1. The summed E-state index contributed by atoms with van der Waals surface area (Å²) in [6.07, 6.45) is 4.66. The number of ether oxygens (including phenoxy) is 2. The molecule has 1 fully saturated rings. The molecular weight excluding hydrogens is 406 g/mol. The standard InChI is InChI=1S/C24H31N5O3/c1-5-17-22(16-6-7-19(31-3)20(12-16)32-4)27-18-13-26-24(28-23(17)18)15-8-10-29(11-9-15)14-21(30)25-2/h6-7,12-13,15,27H,5,8-11,14H2,1-4H3,(H,25,30). The van der Waals surface area contributed by atoms with E-state index in [1.54, 1.807) is 21.3 Å². The van der Waals surface area contributed by atoms with Gasteiger partial charge in [0.2, 0.25) is 5.91 Å². The van der Waals surface area contributed by atoms with Crippen molar-refractivity contribution < 1.29 is 14.3 Å². The van der Waals surface area contributed by atoms with Crippen LogP contribution in [0.15, 0.2) is 24.4 Å². The smallest absolute Gasteiger partial charge is 0.233 e. The van der Waals surface area contributed by atoms with E-state index in [1.165, 1.54) is 5.56 Å². The Kier molecular flexibility index (Phi) is 6.60. The Hall–Kier alpha value is -3.13. The number of carbonyl (C=O) groups is 1. The lowest BCUT2D eigenvalue weighted by Crippen LogP contribution is -2.40. The number of methoxy groups -OCH3 is 2. The maximum atomic E-state index is 11.6. The minimum absolute atomic E-state index is 0.0590. The van der Waals surface area contributed by atoms with Crippen molar-refractivity contribution in [1.82, 2.24) is 25.2 Å². The van der Waals surface area contributed by atoms with Gasteiger partial charge in [-0.2, -0.15) is 0 Å². The average Bonchev–Trinajstić information content (AvgIpc) is 3.21.